The van der Waals surface area contributed by atoms with E-state index in [9.17, 15) is 4.79 Å². The number of benzene rings is 1. The molecule has 0 saturated heterocycles. The molecule has 1 aliphatic carbocycles. The second-order valence-electron chi connectivity index (χ2n) is 4.79. The molecular formula is C14H20N2O3. The van der Waals surface area contributed by atoms with Crippen molar-refractivity contribution in [3.8, 4) is 5.75 Å². The van der Waals surface area contributed by atoms with E-state index in [0.717, 1.165) is 19.3 Å². The summed E-state index contributed by atoms with van der Waals surface area (Å²) < 4.78 is 10.7. The first kappa shape index (κ1) is 13.7. The van der Waals surface area contributed by atoms with Gasteiger partial charge >= 0.3 is 0 Å². The van der Waals surface area contributed by atoms with Crippen molar-refractivity contribution in [3.63, 3.8) is 0 Å². The molecule has 0 bridgehead atoms. The van der Waals surface area contributed by atoms with E-state index >= 15 is 0 Å². The summed E-state index contributed by atoms with van der Waals surface area (Å²) in [6, 6.07) is 7.19. The van der Waals surface area contributed by atoms with Crippen LogP contribution in [0.1, 0.15) is 19.3 Å². The van der Waals surface area contributed by atoms with Gasteiger partial charge in [0.05, 0.1) is 6.10 Å². The summed E-state index contributed by atoms with van der Waals surface area (Å²) >= 11 is 0. The van der Waals surface area contributed by atoms with Crippen LogP contribution in [0.2, 0.25) is 0 Å². The van der Waals surface area contributed by atoms with Crippen LogP contribution in [-0.4, -0.2) is 31.8 Å². The Morgan fingerprint density at radius 3 is 2.74 bits per heavy atom. The number of nitrogens with two attached hydrogens (primary N) is 1. The lowest BCUT2D eigenvalue weighted by atomic mass is 10.2. The SMILES string of the molecule is COC1CCC(NC(=O)COc2ccc(N)cc2)C1. The average Bonchev–Trinajstić information content (AvgIpc) is 2.86. The fourth-order valence-electron chi connectivity index (χ4n) is 2.27. The Bertz CT molecular complexity index is 419. The highest BCUT2D eigenvalue weighted by Crippen LogP contribution is 2.21. The number of amides is 1. The van der Waals surface area contributed by atoms with Crippen molar-refractivity contribution in [2.45, 2.75) is 31.4 Å². The third-order valence-corrected chi connectivity index (χ3v) is 3.33. The Kier molecular flexibility index (Phi) is 4.63. The predicted octanol–water partition coefficient (Wildman–Crippen LogP) is 1.33. The molecule has 1 aromatic rings. The van der Waals surface area contributed by atoms with Gasteiger partial charge in [0.2, 0.25) is 0 Å². The molecule has 5 heteroatoms. The topological polar surface area (TPSA) is 73.6 Å². The Morgan fingerprint density at radius 2 is 2.11 bits per heavy atom. The molecule has 1 aliphatic rings. The first-order valence-corrected chi connectivity index (χ1v) is 6.48. The average molecular weight is 264 g/mol. The second kappa shape index (κ2) is 6.43. The molecule has 0 aromatic heterocycles. The molecule has 2 rings (SSSR count). The number of ether oxygens (including phenoxy) is 2. The van der Waals surface area contributed by atoms with E-state index in [1.807, 2.05) is 0 Å². The molecule has 0 heterocycles. The lowest BCUT2D eigenvalue weighted by Gasteiger charge is -2.13. The van der Waals surface area contributed by atoms with Crippen LogP contribution in [0.4, 0.5) is 5.69 Å². The number of nitrogen functional groups attached to an aromatic ring is 1. The van der Waals surface area contributed by atoms with Gasteiger partial charge in [-0.15, -0.1) is 0 Å². The molecule has 2 atom stereocenters. The molecule has 0 radical (unpaired) electrons. The maximum atomic E-state index is 11.7. The monoisotopic (exact) mass is 264 g/mol. The summed E-state index contributed by atoms with van der Waals surface area (Å²) in [5, 5.41) is 2.96. The van der Waals surface area contributed by atoms with E-state index in [0.29, 0.717) is 11.4 Å². The number of carbonyl (C=O) groups is 1. The van der Waals surface area contributed by atoms with Gasteiger partial charge in [-0.25, -0.2) is 0 Å². The maximum Gasteiger partial charge on any atom is 0.258 e. The van der Waals surface area contributed by atoms with Gasteiger partial charge in [0, 0.05) is 18.8 Å². The zero-order valence-electron chi connectivity index (χ0n) is 11.1. The Balaban J connectivity index is 1.71. The smallest absolute Gasteiger partial charge is 0.258 e. The maximum absolute atomic E-state index is 11.7. The van der Waals surface area contributed by atoms with Crippen molar-refractivity contribution in [2.75, 3.05) is 19.5 Å². The fraction of sp³-hybridized carbons (Fsp3) is 0.500. The van der Waals surface area contributed by atoms with Crippen molar-refractivity contribution >= 4 is 11.6 Å². The summed E-state index contributed by atoms with van der Waals surface area (Å²) in [6.45, 7) is 0.0259. The summed E-state index contributed by atoms with van der Waals surface area (Å²) in [5.41, 5.74) is 6.25. The highest BCUT2D eigenvalue weighted by atomic mass is 16.5. The Labute approximate surface area is 113 Å². The number of anilines is 1. The normalized spacial score (nSPS) is 22.2. The minimum absolute atomic E-state index is 0.0259. The molecule has 0 aliphatic heterocycles. The first-order valence-electron chi connectivity index (χ1n) is 6.48. The molecule has 1 aromatic carbocycles. The first-order chi connectivity index (χ1) is 9.17. The number of nitrogens with one attached hydrogen (secondary N) is 1. The van der Waals surface area contributed by atoms with Crippen LogP contribution < -0.4 is 15.8 Å². The zero-order valence-corrected chi connectivity index (χ0v) is 11.1. The van der Waals surface area contributed by atoms with Gasteiger partial charge in [-0.2, -0.15) is 0 Å². The van der Waals surface area contributed by atoms with Crippen LogP contribution in [0.5, 0.6) is 5.75 Å². The van der Waals surface area contributed by atoms with Crippen LogP contribution in [0.3, 0.4) is 0 Å². The van der Waals surface area contributed by atoms with Gasteiger partial charge in [-0.3, -0.25) is 4.79 Å². The summed E-state index contributed by atoms with van der Waals surface area (Å²) in [5.74, 6) is 0.545. The quantitative estimate of drug-likeness (QED) is 0.787. The molecule has 1 amide bonds. The number of carbonyl (C=O) groups excluding carboxylic acids is 1. The molecule has 104 valence electrons. The lowest BCUT2D eigenvalue weighted by Crippen LogP contribution is -2.36. The minimum Gasteiger partial charge on any atom is -0.484 e. The molecule has 3 N–H and O–H groups in total. The minimum atomic E-state index is -0.0985. The van der Waals surface area contributed by atoms with Gasteiger partial charge in [0.15, 0.2) is 6.61 Å². The molecule has 1 saturated carbocycles. The van der Waals surface area contributed by atoms with E-state index < -0.39 is 0 Å². The van der Waals surface area contributed by atoms with E-state index in [-0.39, 0.29) is 24.7 Å². The standard InChI is InChI=1S/C14H20N2O3/c1-18-13-7-4-11(8-13)16-14(17)9-19-12-5-2-10(15)3-6-12/h2-3,5-6,11,13H,4,7-9,15H2,1H3,(H,16,17). The van der Waals surface area contributed by atoms with Gasteiger partial charge in [-0.05, 0) is 43.5 Å². The largest absolute Gasteiger partial charge is 0.484 e. The van der Waals surface area contributed by atoms with Crippen LogP contribution in [0.25, 0.3) is 0 Å². The lowest BCUT2D eigenvalue weighted by molar-refractivity contribution is -0.123. The molecule has 0 spiro atoms. The van der Waals surface area contributed by atoms with Gasteiger partial charge in [-0.1, -0.05) is 0 Å². The molecule has 1 fully saturated rings. The highest BCUT2D eigenvalue weighted by molar-refractivity contribution is 5.77. The van der Waals surface area contributed by atoms with Gasteiger partial charge in [0.1, 0.15) is 5.75 Å². The summed E-state index contributed by atoms with van der Waals surface area (Å²) in [4.78, 5) is 11.7. The number of hydrogen-bond donors (Lipinski definition) is 2. The molecule has 5 nitrogen and oxygen atoms in total. The van der Waals surface area contributed by atoms with Gasteiger partial charge < -0.3 is 20.5 Å². The molecule has 19 heavy (non-hydrogen) atoms. The number of hydrogen-bond acceptors (Lipinski definition) is 4. The van der Waals surface area contributed by atoms with Crippen molar-refractivity contribution in [2.24, 2.45) is 0 Å². The zero-order chi connectivity index (χ0) is 13.7. The third kappa shape index (κ3) is 4.13. The van der Waals surface area contributed by atoms with E-state index in [1.165, 1.54) is 0 Å². The van der Waals surface area contributed by atoms with Crippen LogP contribution in [0.15, 0.2) is 24.3 Å². The van der Waals surface area contributed by atoms with Crippen LogP contribution in [0, 0.1) is 0 Å². The van der Waals surface area contributed by atoms with Crippen molar-refractivity contribution in [1.82, 2.24) is 5.32 Å². The predicted molar refractivity (Wildman–Crippen MR) is 72.9 cm³/mol. The number of methoxy groups -OCH3 is 1. The Morgan fingerprint density at radius 1 is 1.37 bits per heavy atom. The Hall–Kier alpha value is -1.75. The third-order valence-electron chi connectivity index (χ3n) is 3.33. The van der Waals surface area contributed by atoms with Crippen molar-refractivity contribution < 1.29 is 14.3 Å². The van der Waals surface area contributed by atoms with E-state index in [1.54, 1.807) is 31.4 Å². The van der Waals surface area contributed by atoms with E-state index in [4.69, 9.17) is 15.2 Å². The highest BCUT2D eigenvalue weighted by Gasteiger charge is 2.25. The summed E-state index contributed by atoms with van der Waals surface area (Å²) in [6.07, 6.45) is 3.11. The van der Waals surface area contributed by atoms with Gasteiger partial charge in [0.25, 0.3) is 5.91 Å². The fourth-order valence-corrected chi connectivity index (χ4v) is 2.27. The van der Waals surface area contributed by atoms with Crippen LogP contribution in [-0.2, 0) is 9.53 Å². The summed E-state index contributed by atoms with van der Waals surface area (Å²) in [7, 11) is 1.71. The van der Waals surface area contributed by atoms with Crippen molar-refractivity contribution in [1.29, 1.82) is 0 Å². The number of rotatable bonds is 5. The van der Waals surface area contributed by atoms with Crippen LogP contribution >= 0.6 is 0 Å². The van der Waals surface area contributed by atoms with Crippen molar-refractivity contribution in [3.05, 3.63) is 24.3 Å². The molecule has 2 unspecified atom stereocenters. The van der Waals surface area contributed by atoms with E-state index in [2.05, 4.69) is 5.32 Å². The second-order valence-corrected chi connectivity index (χ2v) is 4.79. The molecular weight excluding hydrogens is 244 g/mol.